The zero-order valence-corrected chi connectivity index (χ0v) is 5.95. The van der Waals surface area contributed by atoms with Gasteiger partial charge in [0.15, 0.2) is 5.95 Å². The van der Waals surface area contributed by atoms with E-state index >= 15 is 0 Å². The third-order valence-corrected chi connectivity index (χ3v) is 1.25. The van der Waals surface area contributed by atoms with Gasteiger partial charge in [0.1, 0.15) is 0 Å². The van der Waals surface area contributed by atoms with Crippen molar-refractivity contribution >= 4 is 0 Å². The Morgan fingerprint density at radius 1 is 1.56 bits per heavy atom. The minimum atomic E-state index is -0.457. The standard InChI is InChI=1S/C7H12FN/c1-5-6(2)9(4)7(3)8/h2-3,5H2,1,4H3. The van der Waals surface area contributed by atoms with Gasteiger partial charge >= 0.3 is 0 Å². The molecule has 0 aromatic heterocycles. The van der Waals surface area contributed by atoms with Crippen LogP contribution in [0.15, 0.2) is 24.8 Å². The van der Waals surface area contributed by atoms with Gasteiger partial charge in [0, 0.05) is 12.7 Å². The molecule has 0 aromatic rings. The molecule has 0 aromatic carbocycles. The van der Waals surface area contributed by atoms with E-state index in [0.29, 0.717) is 0 Å². The Balaban J connectivity index is 3.88. The van der Waals surface area contributed by atoms with E-state index in [2.05, 4.69) is 13.2 Å². The van der Waals surface area contributed by atoms with E-state index in [-0.39, 0.29) is 0 Å². The Morgan fingerprint density at radius 3 is 2.11 bits per heavy atom. The monoisotopic (exact) mass is 129 g/mol. The molecule has 0 spiro atoms. The van der Waals surface area contributed by atoms with Gasteiger partial charge < -0.3 is 4.90 Å². The van der Waals surface area contributed by atoms with Crippen LogP contribution < -0.4 is 0 Å². The minimum absolute atomic E-state index is 0.457. The van der Waals surface area contributed by atoms with E-state index in [1.54, 1.807) is 7.05 Å². The van der Waals surface area contributed by atoms with Crippen molar-refractivity contribution in [1.29, 1.82) is 0 Å². The summed E-state index contributed by atoms with van der Waals surface area (Å²) >= 11 is 0. The summed E-state index contributed by atoms with van der Waals surface area (Å²) in [5.41, 5.74) is 0.738. The average molecular weight is 129 g/mol. The number of nitrogens with zero attached hydrogens (tertiary/aromatic N) is 1. The summed E-state index contributed by atoms with van der Waals surface area (Å²) in [6.07, 6.45) is 0.749. The van der Waals surface area contributed by atoms with E-state index in [9.17, 15) is 4.39 Å². The van der Waals surface area contributed by atoms with Crippen LogP contribution >= 0.6 is 0 Å². The normalized spacial score (nSPS) is 8.78. The molecule has 1 nitrogen and oxygen atoms in total. The van der Waals surface area contributed by atoms with Crippen LogP contribution in [0.25, 0.3) is 0 Å². The third-order valence-electron chi connectivity index (χ3n) is 1.25. The molecule has 0 unspecified atom stereocenters. The van der Waals surface area contributed by atoms with E-state index < -0.39 is 5.95 Å². The lowest BCUT2D eigenvalue weighted by atomic mass is 10.3. The topological polar surface area (TPSA) is 3.24 Å². The maximum atomic E-state index is 12.2. The average Bonchev–Trinajstić information content (AvgIpc) is 1.84. The second-order valence-corrected chi connectivity index (χ2v) is 1.86. The summed E-state index contributed by atoms with van der Waals surface area (Å²) in [7, 11) is 1.61. The van der Waals surface area contributed by atoms with Crippen LogP contribution in [-0.2, 0) is 0 Å². The summed E-state index contributed by atoms with van der Waals surface area (Å²) in [5, 5.41) is 0. The molecule has 0 aliphatic heterocycles. The molecule has 0 aliphatic rings. The molecule has 0 radical (unpaired) electrons. The van der Waals surface area contributed by atoms with Crippen LogP contribution in [0.5, 0.6) is 0 Å². The number of rotatable bonds is 3. The van der Waals surface area contributed by atoms with Crippen molar-refractivity contribution in [2.45, 2.75) is 13.3 Å². The molecule has 0 saturated heterocycles. The molecule has 52 valence electrons. The summed E-state index contributed by atoms with van der Waals surface area (Å²) < 4.78 is 12.2. The molecule has 0 rings (SSSR count). The van der Waals surface area contributed by atoms with Gasteiger partial charge in [-0.3, -0.25) is 0 Å². The highest BCUT2D eigenvalue weighted by atomic mass is 19.1. The van der Waals surface area contributed by atoms with Crippen molar-refractivity contribution < 1.29 is 4.39 Å². The molecular formula is C7H12FN. The fourth-order valence-corrected chi connectivity index (χ4v) is 0.409. The SMILES string of the molecule is C=C(F)N(C)C(=C)CC. The number of hydrogen-bond acceptors (Lipinski definition) is 1. The van der Waals surface area contributed by atoms with Gasteiger partial charge in [-0.25, -0.2) is 0 Å². The summed E-state index contributed by atoms with van der Waals surface area (Å²) in [5.74, 6) is -0.457. The maximum absolute atomic E-state index is 12.2. The molecule has 0 fully saturated rings. The molecule has 0 aliphatic carbocycles. The first-order chi connectivity index (χ1) is 4.09. The Morgan fingerprint density at radius 2 is 2.00 bits per heavy atom. The second-order valence-electron chi connectivity index (χ2n) is 1.86. The highest BCUT2D eigenvalue weighted by Gasteiger charge is 2.00. The van der Waals surface area contributed by atoms with Crippen molar-refractivity contribution in [2.24, 2.45) is 0 Å². The van der Waals surface area contributed by atoms with Crippen LogP contribution in [0.4, 0.5) is 4.39 Å². The first-order valence-corrected chi connectivity index (χ1v) is 2.85. The van der Waals surface area contributed by atoms with Crippen molar-refractivity contribution in [1.82, 2.24) is 4.90 Å². The van der Waals surface area contributed by atoms with Crippen molar-refractivity contribution in [3.63, 3.8) is 0 Å². The molecule has 0 N–H and O–H groups in total. The van der Waals surface area contributed by atoms with Gasteiger partial charge in [0.25, 0.3) is 0 Å². The Kier molecular flexibility index (Phi) is 2.99. The smallest absolute Gasteiger partial charge is 0.186 e. The predicted octanol–water partition coefficient (Wildman–Crippen LogP) is 2.28. The first kappa shape index (κ1) is 8.21. The zero-order chi connectivity index (χ0) is 7.44. The molecule has 0 bridgehead atoms. The van der Waals surface area contributed by atoms with Crippen LogP contribution in [0.1, 0.15) is 13.3 Å². The Labute approximate surface area is 55.5 Å². The third kappa shape index (κ3) is 2.31. The van der Waals surface area contributed by atoms with Gasteiger partial charge in [-0.05, 0) is 13.0 Å². The molecule has 0 amide bonds. The van der Waals surface area contributed by atoms with E-state index in [1.807, 2.05) is 6.92 Å². The highest BCUT2D eigenvalue weighted by Crippen LogP contribution is 2.09. The van der Waals surface area contributed by atoms with Crippen molar-refractivity contribution in [2.75, 3.05) is 7.05 Å². The summed E-state index contributed by atoms with van der Waals surface area (Å²) in [6, 6.07) is 0. The van der Waals surface area contributed by atoms with Crippen LogP contribution in [0.3, 0.4) is 0 Å². The fraction of sp³-hybridized carbons (Fsp3) is 0.429. The molecular weight excluding hydrogens is 117 g/mol. The van der Waals surface area contributed by atoms with Crippen LogP contribution in [0.2, 0.25) is 0 Å². The Bertz CT molecular complexity index is 129. The lowest BCUT2D eigenvalue weighted by Crippen LogP contribution is -2.11. The highest BCUT2D eigenvalue weighted by molar-refractivity contribution is 4.99. The maximum Gasteiger partial charge on any atom is 0.186 e. The summed E-state index contributed by atoms with van der Waals surface area (Å²) in [4.78, 5) is 1.33. The quantitative estimate of drug-likeness (QED) is 0.528. The van der Waals surface area contributed by atoms with Gasteiger partial charge in [0.05, 0.1) is 0 Å². The van der Waals surface area contributed by atoms with Gasteiger partial charge in [-0.1, -0.05) is 13.5 Å². The van der Waals surface area contributed by atoms with Gasteiger partial charge in [-0.15, -0.1) is 0 Å². The fourth-order valence-electron chi connectivity index (χ4n) is 0.409. The number of hydrogen-bond donors (Lipinski definition) is 0. The van der Waals surface area contributed by atoms with Gasteiger partial charge in [-0.2, -0.15) is 4.39 Å². The molecule has 0 saturated carbocycles. The molecule has 9 heavy (non-hydrogen) atoms. The lowest BCUT2D eigenvalue weighted by Gasteiger charge is -2.16. The number of halogens is 1. The molecule has 0 heterocycles. The number of allylic oxidation sites excluding steroid dienone is 1. The largest absolute Gasteiger partial charge is 0.326 e. The minimum Gasteiger partial charge on any atom is -0.326 e. The summed E-state index contributed by atoms with van der Waals surface area (Å²) in [6.45, 7) is 8.66. The zero-order valence-electron chi connectivity index (χ0n) is 5.95. The van der Waals surface area contributed by atoms with Crippen molar-refractivity contribution in [3.05, 3.63) is 24.8 Å². The predicted molar refractivity (Wildman–Crippen MR) is 37.4 cm³/mol. The van der Waals surface area contributed by atoms with E-state index in [0.717, 1.165) is 12.1 Å². The second kappa shape index (κ2) is 3.28. The molecule has 0 atom stereocenters. The van der Waals surface area contributed by atoms with Gasteiger partial charge in [0.2, 0.25) is 0 Å². The van der Waals surface area contributed by atoms with Crippen molar-refractivity contribution in [3.8, 4) is 0 Å². The van der Waals surface area contributed by atoms with Crippen LogP contribution in [-0.4, -0.2) is 11.9 Å². The lowest BCUT2D eigenvalue weighted by molar-refractivity contribution is 0.377. The Hall–Kier alpha value is -0.790. The van der Waals surface area contributed by atoms with E-state index in [1.165, 1.54) is 4.90 Å². The molecule has 2 heteroatoms. The first-order valence-electron chi connectivity index (χ1n) is 2.85. The van der Waals surface area contributed by atoms with E-state index in [4.69, 9.17) is 0 Å². The van der Waals surface area contributed by atoms with Crippen LogP contribution in [0, 0.1) is 0 Å².